The highest BCUT2D eigenvalue weighted by atomic mass is 32.3. The van der Waals surface area contributed by atoms with Crippen molar-refractivity contribution in [1.82, 2.24) is 10.6 Å². The molecular formula is C23H38N2O4S. The van der Waals surface area contributed by atoms with Crippen molar-refractivity contribution < 1.29 is 19.0 Å². The van der Waals surface area contributed by atoms with E-state index in [1.807, 2.05) is 12.1 Å². The summed E-state index contributed by atoms with van der Waals surface area (Å²) in [6.07, 6.45) is 7.03. The van der Waals surface area contributed by atoms with E-state index in [9.17, 15) is 19.0 Å². The molecule has 1 saturated carbocycles. The number of carbonyl (C=O) groups is 1. The Morgan fingerprint density at radius 3 is 2.63 bits per heavy atom. The van der Waals surface area contributed by atoms with Gasteiger partial charge in [0.2, 0.25) is 5.91 Å². The van der Waals surface area contributed by atoms with Crippen molar-refractivity contribution in [3.63, 3.8) is 0 Å². The van der Waals surface area contributed by atoms with Gasteiger partial charge in [0.15, 0.2) is 0 Å². The summed E-state index contributed by atoms with van der Waals surface area (Å²) in [7, 11) is -2.69. The molecule has 30 heavy (non-hydrogen) atoms. The molecule has 0 spiro atoms. The molecule has 3 atom stereocenters. The first-order valence-corrected chi connectivity index (χ1v) is 13.2. The van der Waals surface area contributed by atoms with Gasteiger partial charge in [0.25, 0.3) is 0 Å². The maximum Gasteiger partial charge on any atom is 0.217 e. The molecule has 6 nitrogen and oxygen atoms in total. The Bertz CT molecular complexity index is 721. The van der Waals surface area contributed by atoms with Crippen LogP contribution in [0.15, 0.2) is 18.2 Å². The SMILES string of the molecule is CCc1ccc2c(c1)[C@@H](NC[C@H](O)[C@H](CC1CCCCC1)NC(C)=O)CS(O)(O)C2. The lowest BCUT2D eigenvalue weighted by Crippen LogP contribution is -2.49. The Morgan fingerprint density at radius 2 is 1.97 bits per heavy atom. The maximum absolute atomic E-state index is 11.7. The summed E-state index contributed by atoms with van der Waals surface area (Å²) in [4.78, 5) is 11.7. The fourth-order valence-corrected chi connectivity index (χ4v) is 6.62. The van der Waals surface area contributed by atoms with E-state index in [1.165, 1.54) is 31.7 Å². The van der Waals surface area contributed by atoms with Crippen molar-refractivity contribution in [1.29, 1.82) is 0 Å². The Hall–Kier alpha value is -1.12. The van der Waals surface area contributed by atoms with Gasteiger partial charge in [0, 0.05) is 13.5 Å². The van der Waals surface area contributed by atoms with Crippen molar-refractivity contribution in [2.75, 3.05) is 12.3 Å². The minimum Gasteiger partial charge on any atom is -0.390 e. The van der Waals surface area contributed by atoms with E-state index in [0.29, 0.717) is 18.2 Å². The van der Waals surface area contributed by atoms with Crippen LogP contribution in [0.5, 0.6) is 0 Å². The number of aliphatic hydroxyl groups is 1. The highest BCUT2D eigenvalue weighted by Crippen LogP contribution is 2.50. The molecule has 1 aromatic carbocycles. The molecule has 5 N–H and O–H groups in total. The standard InChI is InChI=1S/C23H38N2O4S/c1-3-17-9-10-19-14-30(28,29)15-22(20(19)11-17)24-13-23(27)21(25-16(2)26)12-18-7-5-4-6-8-18/h9-11,18,21-24,27-29H,3-8,12-15H2,1-2H3,(H,25,26)/t21-,22-,23-/m0/s1. The van der Waals surface area contributed by atoms with Crippen LogP contribution in [0.2, 0.25) is 0 Å². The predicted octanol–water partition coefficient (Wildman–Crippen LogP) is 3.98. The minimum absolute atomic E-state index is 0.125. The van der Waals surface area contributed by atoms with E-state index >= 15 is 0 Å². The van der Waals surface area contributed by atoms with Gasteiger partial charge in [-0.15, -0.1) is 0 Å². The number of hydrogen-bond acceptors (Lipinski definition) is 5. The number of hydrogen-bond donors (Lipinski definition) is 5. The van der Waals surface area contributed by atoms with Crippen molar-refractivity contribution in [3.05, 3.63) is 34.9 Å². The number of aliphatic hydroxyl groups excluding tert-OH is 1. The third-order valence-electron chi connectivity index (χ3n) is 6.55. The normalized spacial score (nSPS) is 24.5. The zero-order chi connectivity index (χ0) is 21.7. The largest absolute Gasteiger partial charge is 0.390 e. The number of benzene rings is 1. The van der Waals surface area contributed by atoms with Crippen LogP contribution in [0, 0.1) is 5.92 Å². The molecular weight excluding hydrogens is 400 g/mol. The van der Waals surface area contributed by atoms with Crippen LogP contribution in [0.4, 0.5) is 0 Å². The molecule has 7 heteroatoms. The van der Waals surface area contributed by atoms with Crippen LogP contribution in [0.1, 0.15) is 75.1 Å². The molecule has 1 aliphatic heterocycles. The van der Waals surface area contributed by atoms with Gasteiger partial charge >= 0.3 is 0 Å². The second-order valence-corrected chi connectivity index (χ2v) is 11.3. The molecule has 0 aromatic heterocycles. The van der Waals surface area contributed by atoms with Crippen LogP contribution in [0.3, 0.4) is 0 Å². The quantitative estimate of drug-likeness (QED) is 0.423. The number of nitrogens with one attached hydrogen (secondary N) is 2. The van der Waals surface area contributed by atoms with Crippen LogP contribution in [0.25, 0.3) is 0 Å². The fourth-order valence-electron chi connectivity index (χ4n) is 4.91. The second kappa shape index (κ2) is 10.5. The molecule has 0 saturated heterocycles. The molecule has 1 fully saturated rings. The van der Waals surface area contributed by atoms with Gasteiger partial charge in [-0.2, -0.15) is 10.6 Å². The Morgan fingerprint density at radius 1 is 1.23 bits per heavy atom. The Kier molecular flexibility index (Phi) is 8.21. The topological polar surface area (TPSA) is 102 Å². The summed E-state index contributed by atoms with van der Waals surface area (Å²) in [6.45, 7) is 3.90. The summed E-state index contributed by atoms with van der Waals surface area (Å²) in [5, 5.41) is 17.2. The van der Waals surface area contributed by atoms with E-state index in [4.69, 9.17) is 0 Å². The lowest BCUT2D eigenvalue weighted by Gasteiger charge is -2.42. The summed E-state index contributed by atoms with van der Waals surface area (Å²) in [6, 6.07) is 5.68. The summed E-state index contributed by atoms with van der Waals surface area (Å²) < 4.78 is 20.8. The first-order chi connectivity index (χ1) is 14.3. The van der Waals surface area contributed by atoms with Gasteiger partial charge in [-0.3, -0.25) is 13.9 Å². The first-order valence-electron chi connectivity index (χ1n) is 11.3. The molecule has 1 heterocycles. The molecule has 170 valence electrons. The molecule has 1 aliphatic carbocycles. The van der Waals surface area contributed by atoms with E-state index in [0.717, 1.165) is 36.8 Å². The molecule has 1 aromatic rings. The fraction of sp³-hybridized carbons (Fsp3) is 0.696. The van der Waals surface area contributed by atoms with Crippen molar-refractivity contribution in [3.8, 4) is 0 Å². The predicted molar refractivity (Wildman–Crippen MR) is 123 cm³/mol. The zero-order valence-electron chi connectivity index (χ0n) is 18.3. The Labute approximate surface area is 182 Å². The van der Waals surface area contributed by atoms with Crippen LogP contribution < -0.4 is 10.6 Å². The smallest absolute Gasteiger partial charge is 0.217 e. The molecule has 3 rings (SSSR count). The summed E-state index contributed by atoms with van der Waals surface area (Å²) in [5.74, 6) is 0.968. The van der Waals surface area contributed by atoms with Crippen LogP contribution in [-0.2, 0) is 17.0 Å². The van der Waals surface area contributed by atoms with Crippen molar-refractivity contribution in [2.45, 2.75) is 82.7 Å². The van der Waals surface area contributed by atoms with Crippen LogP contribution in [-0.4, -0.2) is 44.6 Å². The van der Waals surface area contributed by atoms with E-state index in [1.54, 1.807) is 0 Å². The van der Waals surface area contributed by atoms with Gasteiger partial charge in [-0.05, 0) is 35.4 Å². The minimum atomic E-state index is -2.69. The van der Waals surface area contributed by atoms with E-state index in [-0.39, 0.29) is 23.7 Å². The van der Waals surface area contributed by atoms with Crippen LogP contribution >= 0.6 is 10.6 Å². The van der Waals surface area contributed by atoms with Crippen molar-refractivity contribution >= 4 is 16.5 Å². The molecule has 2 aliphatic rings. The summed E-state index contributed by atoms with van der Waals surface area (Å²) in [5.41, 5.74) is 3.27. The van der Waals surface area contributed by atoms with Crippen molar-refractivity contribution in [2.24, 2.45) is 5.92 Å². The highest BCUT2D eigenvalue weighted by molar-refractivity contribution is 8.23. The summed E-state index contributed by atoms with van der Waals surface area (Å²) >= 11 is 0. The average Bonchev–Trinajstić information content (AvgIpc) is 2.70. The van der Waals surface area contributed by atoms with Gasteiger partial charge in [-0.25, -0.2) is 0 Å². The number of aryl methyl sites for hydroxylation is 1. The third-order valence-corrected chi connectivity index (χ3v) is 8.19. The van der Waals surface area contributed by atoms with Gasteiger partial charge in [0.1, 0.15) is 0 Å². The lowest BCUT2D eigenvalue weighted by molar-refractivity contribution is -0.120. The van der Waals surface area contributed by atoms with Gasteiger partial charge in [-0.1, -0.05) is 57.2 Å². The second-order valence-electron chi connectivity index (χ2n) is 9.07. The van der Waals surface area contributed by atoms with Gasteiger partial charge in [0.05, 0.1) is 29.7 Å². The lowest BCUT2D eigenvalue weighted by atomic mass is 9.83. The molecule has 0 radical (unpaired) electrons. The third kappa shape index (κ3) is 6.44. The molecule has 1 amide bonds. The van der Waals surface area contributed by atoms with E-state index in [2.05, 4.69) is 23.6 Å². The maximum atomic E-state index is 11.7. The van der Waals surface area contributed by atoms with E-state index < -0.39 is 16.7 Å². The Balaban J connectivity index is 1.67. The monoisotopic (exact) mass is 438 g/mol. The number of fused-ring (bicyclic) bond motifs is 1. The molecule has 0 unspecified atom stereocenters. The molecule has 0 bridgehead atoms. The highest BCUT2D eigenvalue weighted by Gasteiger charge is 2.32. The first kappa shape index (κ1) is 23.5. The number of carbonyl (C=O) groups excluding carboxylic acids is 1. The zero-order valence-corrected chi connectivity index (χ0v) is 19.1. The average molecular weight is 439 g/mol. The number of amides is 1. The van der Waals surface area contributed by atoms with Gasteiger partial charge < -0.3 is 15.7 Å². The number of rotatable bonds is 8.